The first-order valence-corrected chi connectivity index (χ1v) is 9.38. The number of nitrogens with zero attached hydrogens (tertiary/aromatic N) is 1. The molecule has 136 valence electrons. The van der Waals surface area contributed by atoms with Gasteiger partial charge in [-0.3, -0.25) is 4.79 Å². The molecular formula is C20H26F2N2O. The van der Waals surface area contributed by atoms with E-state index < -0.39 is 11.3 Å². The van der Waals surface area contributed by atoms with Crippen LogP contribution in [0, 0.1) is 11.3 Å². The molecular weight excluding hydrogens is 322 g/mol. The van der Waals surface area contributed by atoms with Gasteiger partial charge in [-0.2, -0.15) is 0 Å². The second kappa shape index (κ2) is 5.76. The Labute approximate surface area is 147 Å². The first-order valence-electron chi connectivity index (χ1n) is 9.38. The summed E-state index contributed by atoms with van der Waals surface area (Å²) in [5, 5.41) is 0. The number of likely N-dealkylation sites (tertiary alicyclic amines) is 1. The minimum atomic E-state index is -2.81. The third-order valence-corrected chi connectivity index (χ3v) is 7.00. The molecule has 4 rings (SSSR count). The molecule has 1 unspecified atom stereocenters. The van der Waals surface area contributed by atoms with Gasteiger partial charge >= 0.3 is 0 Å². The number of nitrogens with two attached hydrogens (primary N) is 1. The molecule has 0 aromatic heterocycles. The Kier molecular flexibility index (Phi) is 3.91. The molecule has 1 aliphatic heterocycles. The highest BCUT2D eigenvalue weighted by molar-refractivity contribution is 5.88. The van der Waals surface area contributed by atoms with E-state index in [2.05, 4.69) is 12.1 Å². The average molecular weight is 348 g/mol. The van der Waals surface area contributed by atoms with Crippen molar-refractivity contribution < 1.29 is 13.6 Å². The quantitative estimate of drug-likeness (QED) is 0.907. The van der Waals surface area contributed by atoms with E-state index in [1.807, 2.05) is 18.2 Å². The Morgan fingerprint density at radius 3 is 2.20 bits per heavy atom. The van der Waals surface area contributed by atoms with Crippen molar-refractivity contribution in [2.45, 2.75) is 49.9 Å². The summed E-state index contributed by atoms with van der Waals surface area (Å²) in [5.74, 6) is -3.23. The lowest BCUT2D eigenvalue weighted by Crippen LogP contribution is -2.52. The van der Waals surface area contributed by atoms with Crippen LogP contribution in [0.3, 0.4) is 0 Å². The second-order valence-corrected chi connectivity index (χ2v) is 8.12. The van der Waals surface area contributed by atoms with Gasteiger partial charge in [-0.25, -0.2) is 8.78 Å². The zero-order valence-electron chi connectivity index (χ0n) is 14.5. The van der Waals surface area contributed by atoms with Gasteiger partial charge in [0, 0.05) is 31.5 Å². The minimum Gasteiger partial charge on any atom is -0.342 e. The van der Waals surface area contributed by atoms with E-state index in [0.717, 1.165) is 32.1 Å². The van der Waals surface area contributed by atoms with Crippen LogP contribution in [0.1, 0.15) is 44.1 Å². The Bertz CT molecular complexity index is 651. The van der Waals surface area contributed by atoms with E-state index >= 15 is 0 Å². The van der Waals surface area contributed by atoms with E-state index in [1.165, 1.54) is 5.56 Å². The van der Waals surface area contributed by atoms with E-state index in [4.69, 9.17) is 5.73 Å². The molecule has 3 nitrogen and oxygen atoms in total. The smallest absolute Gasteiger partial charge is 0.264 e. The van der Waals surface area contributed by atoms with E-state index in [-0.39, 0.29) is 23.7 Å². The van der Waals surface area contributed by atoms with Gasteiger partial charge in [-0.05, 0) is 37.2 Å². The standard InChI is InChI=1S/C20H26F2N2O/c21-20(22)13-19(20,16-7-4-8-16)17(25)24-11-9-18(14-23,10-12-24)15-5-2-1-3-6-15/h1-3,5-6,16H,4,7-14,23H2. The fourth-order valence-corrected chi connectivity index (χ4v) is 4.88. The highest BCUT2D eigenvalue weighted by atomic mass is 19.3. The number of amides is 1. The van der Waals surface area contributed by atoms with Crippen LogP contribution in [0.2, 0.25) is 0 Å². The molecule has 1 aromatic rings. The number of benzene rings is 1. The largest absolute Gasteiger partial charge is 0.342 e. The van der Waals surface area contributed by atoms with Gasteiger partial charge in [0.15, 0.2) is 0 Å². The van der Waals surface area contributed by atoms with Crippen LogP contribution in [0.4, 0.5) is 8.78 Å². The van der Waals surface area contributed by atoms with Crippen molar-refractivity contribution in [3.63, 3.8) is 0 Å². The van der Waals surface area contributed by atoms with Gasteiger partial charge < -0.3 is 10.6 Å². The molecule has 3 aliphatic rings. The molecule has 5 heteroatoms. The number of carbonyl (C=O) groups excluding carboxylic acids is 1. The maximum Gasteiger partial charge on any atom is 0.264 e. The summed E-state index contributed by atoms with van der Waals surface area (Å²) >= 11 is 0. The number of piperidine rings is 1. The molecule has 1 heterocycles. The van der Waals surface area contributed by atoms with Crippen LogP contribution in [0.15, 0.2) is 30.3 Å². The van der Waals surface area contributed by atoms with Crippen molar-refractivity contribution >= 4 is 5.91 Å². The van der Waals surface area contributed by atoms with Gasteiger partial charge in [0.25, 0.3) is 5.92 Å². The fourth-order valence-electron chi connectivity index (χ4n) is 4.88. The van der Waals surface area contributed by atoms with Gasteiger partial charge in [0.05, 0.1) is 0 Å². The molecule has 1 amide bonds. The van der Waals surface area contributed by atoms with Crippen LogP contribution >= 0.6 is 0 Å². The lowest BCUT2D eigenvalue weighted by Gasteiger charge is -2.44. The van der Waals surface area contributed by atoms with Crippen LogP contribution in [0.5, 0.6) is 0 Å². The lowest BCUT2D eigenvalue weighted by molar-refractivity contribution is -0.148. The summed E-state index contributed by atoms with van der Waals surface area (Å²) in [4.78, 5) is 14.7. The summed E-state index contributed by atoms with van der Waals surface area (Å²) in [6.07, 6.45) is 3.75. The zero-order valence-corrected chi connectivity index (χ0v) is 14.5. The molecule has 0 bridgehead atoms. The number of alkyl halides is 2. The third kappa shape index (κ3) is 2.42. The van der Waals surface area contributed by atoms with Gasteiger partial charge in [-0.15, -0.1) is 0 Å². The van der Waals surface area contributed by atoms with E-state index in [9.17, 15) is 13.6 Å². The highest BCUT2D eigenvalue weighted by Crippen LogP contribution is 2.69. The summed E-state index contributed by atoms with van der Waals surface area (Å²) < 4.78 is 28.3. The number of hydrogen-bond donors (Lipinski definition) is 1. The van der Waals surface area contributed by atoms with Crippen molar-refractivity contribution in [2.75, 3.05) is 19.6 Å². The molecule has 1 aromatic carbocycles. The third-order valence-electron chi connectivity index (χ3n) is 7.00. The van der Waals surface area contributed by atoms with E-state index in [0.29, 0.717) is 19.6 Å². The maximum absolute atomic E-state index is 14.1. The molecule has 2 N–H and O–H groups in total. The number of halogens is 2. The number of hydrogen-bond acceptors (Lipinski definition) is 2. The van der Waals surface area contributed by atoms with Gasteiger partial charge in [0.2, 0.25) is 5.91 Å². The minimum absolute atomic E-state index is 0.120. The van der Waals surface area contributed by atoms with Crippen molar-refractivity contribution in [3.05, 3.63) is 35.9 Å². The maximum atomic E-state index is 14.1. The van der Waals surface area contributed by atoms with Gasteiger partial charge in [0.1, 0.15) is 5.41 Å². The molecule has 25 heavy (non-hydrogen) atoms. The molecule has 0 spiro atoms. The molecule has 1 atom stereocenters. The zero-order chi connectivity index (χ0) is 17.7. The summed E-state index contributed by atoms with van der Waals surface area (Å²) in [6.45, 7) is 1.56. The van der Waals surface area contributed by atoms with Crippen LogP contribution in [0.25, 0.3) is 0 Å². The van der Waals surface area contributed by atoms with E-state index in [1.54, 1.807) is 4.90 Å². The van der Waals surface area contributed by atoms with Crippen molar-refractivity contribution in [1.82, 2.24) is 4.90 Å². The molecule has 0 radical (unpaired) electrons. The summed E-state index contributed by atoms with van der Waals surface area (Å²) in [7, 11) is 0. The lowest BCUT2D eigenvalue weighted by atomic mass is 9.70. The summed E-state index contributed by atoms with van der Waals surface area (Å²) in [5.41, 5.74) is 5.75. The van der Waals surface area contributed by atoms with Crippen LogP contribution < -0.4 is 5.73 Å². The molecule has 2 saturated carbocycles. The first kappa shape index (κ1) is 17.0. The van der Waals surface area contributed by atoms with Crippen molar-refractivity contribution in [2.24, 2.45) is 17.1 Å². The summed E-state index contributed by atoms with van der Waals surface area (Å²) in [6, 6.07) is 10.1. The molecule has 3 fully saturated rings. The Hall–Kier alpha value is -1.49. The monoisotopic (exact) mass is 348 g/mol. The van der Waals surface area contributed by atoms with Crippen LogP contribution in [-0.4, -0.2) is 36.4 Å². The number of carbonyl (C=O) groups is 1. The average Bonchev–Trinajstić information content (AvgIpc) is 3.16. The topological polar surface area (TPSA) is 46.3 Å². The SMILES string of the molecule is NCC1(c2ccccc2)CCN(C(=O)C2(C3CCC3)CC2(F)F)CC1. The second-order valence-electron chi connectivity index (χ2n) is 8.12. The Morgan fingerprint density at radius 1 is 1.16 bits per heavy atom. The van der Waals surface area contributed by atoms with Crippen molar-refractivity contribution in [3.8, 4) is 0 Å². The normalized spacial score (nSPS) is 30.6. The molecule has 1 saturated heterocycles. The Balaban J connectivity index is 1.49. The highest BCUT2D eigenvalue weighted by Gasteiger charge is 2.79. The fraction of sp³-hybridized carbons (Fsp3) is 0.650. The predicted octanol–water partition coefficient (Wildman–Crippen LogP) is 3.33. The van der Waals surface area contributed by atoms with Gasteiger partial charge in [-0.1, -0.05) is 36.8 Å². The molecule has 2 aliphatic carbocycles. The first-order chi connectivity index (χ1) is 12.0. The predicted molar refractivity (Wildman–Crippen MR) is 92.3 cm³/mol. The van der Waals surface area contributed by atoms with Crippen molar-refractivity contribution in [1.29, 1.82) is 0 Å². The van der Waals surface area contributed by atoms with Crippen LogP contribution in [-0.2, 0) is 10.2 Å². The Morgan fingerprint density at radius 2 is 1.76 bits per heavy atom. The number of rotatable bonds is 4.